The molecule has 0 aromatic carbocycles. The lowest BCUT2D eigenvalue weighted by Crippen LogP contribution is -2.59. The summed E-state index contributed by atoms with van der Waals surface area (Å²) in [6.07, 6.45) is 0.543. The highest BCUT2D eigenvalue weighted by atomic mass is 16.3. The zero-order chi connectivity index (χ0) is 10.7. The number of hydrogen-bond acceptors (Lipinski definition) is 3. The van der Waals surface area contributed by atoms with Crippen LogP contribution in [0.5, 0.6) is 0 Å². The minimum atomic E-state index is -0.126. The van der Waals surface area contributed by atoms with Gasteiger partial charge in [-0.05, 0) is 19.9 Å². The molecule has 1 saturated heterocycles. The fourth-order valence-electron chi connectivity index (χ4n) is 2.24. The van der Waals surface area contributed by atoms with Crippen LogP contribution >= 0.6 is 0 Å². The zero-order valence-corrected chi connectivity index (χ0v) is 9.23. The molecule has 0 aliphatic carbocycles. The van der Waals surface area contributed by atoms with Gasteiger partial charge in [0, 0.05) is 26.2 Å². The highest BCUT2D eigenvalue weighted by Gasteiger charge is 2.35. The molecule has 0 bridgehead atoms. The number of likely N-dealkylation sites (N-methyl/N-ethyl adjacent to an activating group) is 2. The van der Waals surface area contributed by atoms with E-state index in [1.807, 2.05) is 7.05 Å². The van der Waals surface area contributed by atoms with Gasteiger partial charge >= 0.3 is 0 Å². The standard InChI is InChI=1S/C10H20N2O2/c1-4-12-8(2)7-11(3)10(14)9(12)5-6-13/h8-9,13H,4-7H2,1-3H3. The fraction of sp³-hybridized carbons (Fsp3) is 0.900. The van der Waals surface area contributed by atoms with Crippen molar-refractivity contribution >= 4 is 5.91 Å². The van der Waals surface area contributed by atoms with Crippen LogP contribution in [-0.4, -0.2) is 59.6 Å². The first-order valence-electron chi connectivity index (χ1n) is 5.23. The molecular weight excluding hydrogens is 180 g/mol. The van der Waals surface area contributed by atoms with Crippen LogP contribution in [0.1, 0.15) is 20.3 Å². The van der Waals surface area contributed by atoms with Gasteiger partial charge < -0.3 is 10.0 Å². The van der Waals surface area contributed by atoms with Gasteiger partial charge in [0.1, 0.15) is 0 Å². The number of carbonyl (C=O) groups excluding carboxylic acids is 1. The second-order valence-electron chi connectivity index (χ2n) is 3.93. The summed E-state index contributed by atoms with van der Waals surface area (Å²) in [5, 5.41) is 8.92. The Labute approximate surface area is 85.5 Å². The molecule has 1 aliphatic rings. The van der Waals surface area contributed by atoms with Gasteiger partial charge in [0.25, 0.3) is 0 Å². The average molecular weight is 200 g/mol. The zero-order valence-electron chi connectivity index (χ0n) is 9.23. The fourth-order valence-corrected chi connectivity index (χ4v) is 2.24. The number of rotatable bonds is 3. The summed E-state index contributed by atoms with van der Waals surface area (Å²) in [4.78, 5) is 15.7. The van der Waals surface area contributed by atoms with Crippen LogP contribution < -0.4 is 0 Å². The van der Waals surface area contributed by atoms with Crippen LogP contribution in [0.2, 0.25) is 0 Å². The molecule has 1 rings (SSSR count). The largest absolute Gasteiger partial charge is 0.396 e. The number of nitrogens with zero attached hydrogens (tertiary/aromatic N) is 2. The van der Waals surface area contributed by atoms with Crippen LogP contribution in [-0.2, 0) is 4.79 Å². The van der Waals surface area contributed by atoms with Crippen molar-refractivity contribution in [1.82, 2.24) is 9.80 Å². The third-order valence-corrected chi connectivity index (χ3v) is 2.93. The van der Waals surface area contributed by atoms with Gasteiger partial charge in [-0.15, -0.1) is 0 Å². The van der Waals surface area contributed by atoms with E-state index >= 15 is 0 Å². The maximum Gasteiger partial charge on any atom is 0.239 e. The van der Waals surface area contributed by atoms with Gasteiger partial charge in [-0.25, -0.2) is 0 Å². The highest BCUT2D eigenvalue weighted by Crippen LogP contribution is 2.17. The summed E-state index contributed by atoms with van der Waals surface area (Å²) in [5.41, 5.74) is 0. The Balaban J connectivity index is 2.75. The molecule has 82 valence electrons. The van der Waals surface area contributed by atoms with Crippen molar-refractivity contribution in [3.05, 3.63) is 0 Å². The van der Waals surface area contributed by atoms with E-state index in [0.717, 1.165) is 13.1 Å². The molecule has 14 heavy (non-hydrogen) atoms. The summed E-state index contributed by atoms with van der Waals surface area (Å²) in [5.74, 6) is 0.138. The smallest absolute Gasteiger partial charge is 0.239 e. The number of carbonyl (C=O) groups is 1. The Morgan fingerprint density at radius 2 is 2.21 bits per heavy atom. The van der Waals surface area contributed by atoms with Crippen molar-refractivity contribution in [3.63, 3.8) is 0 Å². The second-order valence-corrected chi connectivity index (χ2v) is 3.93. The molecule has 0 radical (unpaired) electrons. The van der Waals surface area contributed by atoms with Crippen molar-refractivity contribution in [1.29, 1.82) is 0 Å². The lowest BCUT2D eigenvalue weighted by atomic mass is 10.0. The quantitative estimate of drug-likeness (QED) is 0.693. The normalized spacial score (nSPS) is 29.7. The Morgan fingerprint density at radius 3 is 2.71 bits per heavy atom. The molecule has 1 amide bonds. The first kappa shape index (κ1) is 11.5. The van der Waals surface area contributed by atoms with E-state index < -0.39 is 0 Å². The van der Waals surface area contributed by atoms with E-state index in [2.05, 4.69) is 18.7 Å². The van der Waals surface area contributed by atoms with Crippen LogP contribution in [0.25, 0.3) is 0 Å². The number of hydrogen-bond donors (Lipinski definition) is 1. The molecule has 4 nitrogen and oxygen atoms in total. The van der Waals surface area contributed by atoms with Crippen LogP contribution in [0.3, 0.4) is 0 Å². The SMILES string of the molecule is CCN1C(C)CN(C)C(=O)C1CCO. The Kier molecular flexibility index (Phi) is 3.89. The average Bonchev–Trinajstić information content (AvgIpc) is 2.14. The van der Waals surface area contributed by atoms with Gasteiger partial charge in [-0.2, -0.15) is 0 Å². The number of amides is 1. The molecule has 0 aromatic heterocycles. The first-order chi connectivity index (χ1) is 6.61. The van der Waals surface area contributed by atoms with Crippen molar-refractivity contribution in [2.75, 3.05) is 26.7 Å². The summed E-state index contributed by atoms with van der Waals surface area (Å²) in [6.45, 7) is 5.91. The predicted octanol–water partition coefficient (Wildman–Crippen LogP) is -0.0802. The molecule has 1 aliphatic heterocycles. The van der Waals surface area contributed by atoms with Crippen LogP contribution in [0.4, 0.5) is 0 Å². The molecule has 4 heteroatoms. The molecule has 2 unspecified atom stereocenters. The number of piperazine rings is 1. The maximum atomic E-state index is 11.8. The summed E-state index contributed by atoms with van der Waals surface area (Å²) >= 11 is 0. The molecule has 0 spiro atoms. The van der Waals surface area contributed by atoms with Gasteiger partial charge in [0.15, 0.2) is 0 Å². The third kappa shape index (κ3) is 2.07. The molecular formula is C10H20N2O2. The second kappa shape index (κ2) is 4.75. The van der Waals surface area contributed by atoms with Crippen LogP contribution in [0.15, 0.2) is 0 Å². The van der Waals surface area contributed by atoms with E-state index in [1.165, 1.54) is 0 Å². The Morgan fingerprint density at radius 1 is 1.57 bits per heavy atom. The van der Waals surface area contributed by atoms with Crippen molar-refractivity contribution in [2.45, 2.75) is 32.4 Å². The number of aliphatic hydroxyl groups is 1. The van der Waals surface area contributed by atoms with Crippen LogP contribution in [0, 0.1) is 0 Å². The number of aliphatic hydroxyl groups excluding tert-OH is 1. The van der Waals surface area contributed by atoms with Crippen molar-refractivity contribution in [2.24, 2.45) is 0 Å². The molecule has 1 heterocycles. The third-order valence-electron chi connectivity index (χ3n) is 2.93. The topological polar surface area (TPSA) is 43.8 Å². The van der Waals surface area contributed by atoms with Gasteiger partial charge in [-0.1, -0.05) is 6.92 Å². The van der Waals surface area contributed by atoms with Gasteiger partial charge in [0.05, 0.1) is 6.04 Å². The minimum absolute atomic E-state index is 0.0769. The van der Waals surface area contributed by atoms with Gasteiger partial charge in [0.2, 0.25) is 5.91 Å². The highest BCUT2D eigenvalue weighted by molar-refractivity contribution is 5.82. The van der Waals surface area contributed by atoms with Crippen molar-refractivity contribution in [3.8, 4) is 0 Å². The Bertz CT molecular complexity index is 208. The summed E-state index contributed by atoms with van der Waals surface area (Å²) < 4.78 is 0. The van der Waals surface area contributed by atoms with Gasteiger partial charge in [-0.3, -0.25) is 9.69 Å². The molecule has 1 fully saturated rings. The molecule has 0 aromatic rings. The van der Waals surface area contributed by atoms with E-state index in [-0.39, 0.29) is 18.6 Å². The summed E-state index contributed by atoms with van der Waals surface area (Å²) in [7, 11) is 1.83. The Hall–Kier alpha value is -0.610. The lowest BCUT2D eigenvalue weighted by Gasteiger charge is -2.43. The van der Waals surface area contributed by atoms with Crippen molar-refractivity contribution < 1.29 is 9.90 Å². The predicted molar refractivity (Wildman–Crippen MR) is 55.0 cm³/mol. The molecule has 1 N–H and O–H groups in total. The molecule has 2 atom stereocenters. The lowest BCUT2D eigenvalue weighted by molar-refractivity contribution is -0.143. The maximum absolute atomic E-state index is 11.8. The minimum Gasteiger partial charge on any atom is -0.396 e. The molecule has 0 saturated carbocycles. The van der Waals surface area contributed by atoms with E-state index in [9.17, 15) is 4.79 Å². The monoisotopic (exact) mass is 200 g/mol. The summed E-state index contributed by atoms with van der Waals surface area (Å²) in [6, 6.07) is 0.262. The first-order valence-corrected chi connectivity index (χ1v) is 5.23. The van der Waals surface area contributed by atoms with E-state index in [1.54, 1.807) is 4.90 Å². The van der Waals surface area contributed by atoms with E-state index in [0.29, 0.717) is 12.5 Å². The van der Waals surface area contributed by atoms with E-state index in [4.69, 9.17) is 5.11 Å².